The second-order valence-electron chi connectivity index (χ2n) is 10.4. The van der Waals surface area contributed by atoms with Crippen LogP contribution < -0.4 is 0 Å². The Kier molecular flexibility index (Phi) is 14.4. The molecule has 1 aliphatic carbocycles. The number of carbonyl (C=O) groups is 3. The Hall–Kier alpha value is -3.93. The first kappa shape index (κ1) is 40.1. The summed E-state index contributed by atoms with van der Waals surface area (Å²) in [5.41, 5.74) is 4.92. The molecule has 2 aliphatic rings. The van der Waals surface area contributed by atoms with Gasteiger partial charge in [-0.2, -0.15) is 39.5 Å². The average Bonchev–Trinajstić information content (AvgIpc) is 2.94. The number of carboxylic acids is 3. The topological polar surface area (TPSA) is 131 Å². The third-order valence-corrected chi connectivity index (χ3v) is 7.08. The van der Waals surface area contributed by atoms with E-state index in [4.69, 9.17) is 29.7 Å². The van der Waals surface area contributed by atoms with E-state index in [0.29, 0.717) is 11.5 Å². The molecule has 18 heteroatoms. The van der Waals surface area contributed by atoms with Crippen LogP contribution in [0.3, 0.4) is 0 Å². The van der Waals surface area contributed by atoms with E-state index in [2.05, 4.69) is 59.2 Å². The van der Waals surface area contributed by atoms with Gasteiger partial charge in [-0.05, 0) is 81.0 Å². The van der Waals surface area contributed by atoms with Gasteiger partial charge in [0.15, 0.2) is 0 Å². The van der Waals surface area contributed by atoms with Crippen molar-refractivity contribution in [3.63, 3.8) is 0 Å². The van der Waals surface area contributed by atoms with Crippen LogP contribution in [0.15, 0.2) is 48.8 Å². The summed E-state index contributed by atoms with van der Waals surface area (Å²) in [6, 6.07) is 14.0. The van der Waals surface area contributed by atoms with Crippen LogP contribution in [0.25, 0.3) is 0 Å². The Labute approximate surface area is 257 Å². The van der Waals surface area contributed by atoms with Crippen LogP contribution in [0.1, 0.15) is 48.4 Å². The van der Waals surface area contributed by atoms with E-state index >= 15 is 0 Å². The standard InChI is InChI=1S/C22H29N3.3C2HF3O2/c1-24(2)21-9-10-22(20-8-4-3-7-19(20)21)11-14-25(15-12-22)17-18-6-5-13-23-16-18;3*3-2(4,5)1(6)7/h3-8,13,16,21H,9-12,14-15,17H2,1-2H3;3*(H,6,7). The normalized spacial score (nSPS) is 17.6. The molecule has 3 N–H and O–H groups in total. The molecule has 4 rings (SSSR count). The Morgan fingerprint density at radius 1 is 0.804 bits per heavy atom. The highest BCUT2D eigenvalue weighted by atomic mass is 19.4. The van der Waals surface area contributed by atoms with E-state index in [0.717, 1.165) is 6.54 Å². The molecular weight excluding hydrogens is 645 g/mol. The minimum absolute atomic E-state index is 0.397. The van der Waals surface area contributed by atoms with Crippen molar-refractivity contribution < 1.29 is 69.2 Å². The minimum atomic E-state index is -5.08. The molecule has 258 valence electrons. The molecule has 2 aromatic rings. The maximum Gasteiger partial charge on any atom is 0.490 e. The van der Waals surface area contributed by atoms with Crippen LogP contribution in [0.4, 0.5) is 39.5 Å². The van der Waals surface area contributed by atoms with Gasteiger partial charge in [-0.15, -0.1) is 0 Å². The van der Waals surface area contributed by atoms with Gasteiger partial charge in [0, 0.05) is 25.0 Å². The lowest BCUT2D eigenvalue weighted by Crippen LogP contribution is -2.45. The van der Waals surface area contributed by atoms with Crippen molar-refractivity contribution in [2.45, 2.75) is 62.2 Å². The lowest BCUT2D eigenvalue weighted by molar-refractivity contribution is -0.193. The Balaban J connectivity index is 0.000000413. The zero-order valence-corrected chi connectivity index (χ0v) is 24.5. The Morgan fingerprint density at radius 3 is 1.65 bits per heavy atom. The molecule has 9 nitrogen and oxygen atoms in total. The predicted octanol–water partition coefficient (Wildman–Crippen LogP) is 5.91. The molecule has 0 amide bonds. The van der Waals surface area contributed by atoms with Gasteiger partial charge in [-0.25, -0.2) is 14.4 Å². The summed E-state index contributed by atoms with van der Waals surface area (Å²) in [6.45, 7) is 3.41. The fourth-order valence-electron chi connectivity index (χ4n) is 4.92. The number of aliphatic carboxylic acids is 3. The zero-order valence-electron chi connectivity index (χ0n) is 24.5. The molecule has 0 saturated carbocycles. The molecule has 0 bridgehead atoms. The highest BCUT2D eigenvalue weighted by molar-refractivity contribution is 5.73. The van der Waals surface area contributed by atoms with E-state index in [1.807, 2.05) is 18.5 Å². The van der Waals surface area contributed by atoms with Gasteiger partial charge >= 0.3 is 36.4 Å². The van der Waals surface area contributed by atoms with E-state index in [1.165, 1.54) is 44.3 Å². The number of hydrogen-bond donors (Lipinski definition) is 3. The van der Waals surface area contributed by atoms with Gasteiger partial charge < -0.3 is 20.2 Å². The summed E-state index contributed by atoms with van der Waals surface area (Å²) in [6.07, 6.45) is -6.22. The first-order valence-electron chi connectivity index (χ1n) is 13.3. The third kappa shape index (κ3) is 12.8. The zero-order chi connectivity index (χ0) is 35.5. The molecule has 1 aromatic heterocycles. The van der Waals surface area contributed by atoms with E-state index in [-0.39, 0.29) is 0 Å². The van der Waals surface area contributed by atoms with Crippen LogP contribution in [0.2, 0.25) is 0 Å². The number of carboxylic acid groups (broad SMARTS) is 3. The summed E-state index contributed by atoms with van der Waals surface area (Å²) in [7, 11) is 4.44. The summed E-state index contributed by atoms with van der Waals surface area (Å²) < 4.78 is 95.2. The lowest BCUT2D eigenvalue weighted by atomic mass is 9.63. The second kappa shape index (κ2) is 16.6. The molecule has 0 radical (unpaired) electrons. The van der Waals surface area contributed by atoms with Crippen molar-refractivity contribution in [2.75, 3.05) is 27.2 Å². The highest BCUT2D eigenvalue weighted by Crippen LogP contribution is 2.49. The molecular formula is C28H32F9N3O6. The van der Waals surface area contributed by atoms with E-state index in [9.17, 15) is 39.5 Å². The van der Waals surface area contributed by atoms with Gasteiger partial charge in [0.1, 0.15) is 0 Å². The quantitative estimate of drug-likeness (QED) is 0.340. The fourth-order valence-corrected chi connectivity index (χ4v) is 4.92. The fraction of sp³-hybridized carbons (Fsp3) is 0.500. The minimum Gasteiger partial charge on any atom is -0.475 e. The molecule has 1 saturated heterocycles. The number of aromatic nitrogens is 1. The number of piperidine rings is 1. The molecule has 2 heterocycles. The maximum atomic E-state index is 10.6. The molecule has 1 unspecified atom stereocenters. The van der Waals surface area contributed by atoms with E-state index < -0.39 is 36.4 Å². The van der Waals surface area contributed by atoms with E-state index in [1.54, 1.807) is 11.1 Å². The molecule has 1 atom stereocenters. The number of nitrogens with zero attached hydrogens (tertiary/aromatic N) is 3. The SMILES string of the molecule is CN(C)C1CCC2(CCN(Cc3cccnc3)CC2)c2ccccc21.O=C(O)C(F)(F)F.O=C(O)C(F)(F)F.O=C(O)C(F)(F)F. The number of fused-ring (bicyclic) bond motifs is 2. The number of benzene rings is 1. The van der Waals surface area contributed by atoms with Crippen molar-refractivity contribution in [1.82, 2.24) is 14.8 Å². The van der Waals surface area contributed by atoms with Crippen LogP contribution in [-0.2, 0) is 26.3 Å². The molecule has 1 fully saturated rings. The summed E-state index contributed by atoms with van der Waals surface area (Å²) in [5, 5.41) is 21.4. The number of rotatable bonds is 3. The van der Waals surface area contributed by atoms with Crippen molar-refractivity contribution >= 4 is 17.9 Å². The van der Waals surface area contributed by atoms with Gasteiger partial charge in [0.2, 0.25) is 0 Å². The molecule has 1 aliphatic heterocycles. The number of likely N-dealkylation sites (tertiary alicyclic amines) is 1. The Morgan fingerprint density at radius 2 is 1.26 bits per heavy atom. The van der Waals surface area contributed by atoms with Gasteiger partial charge in [0.05, 0.1) is 0 Å². The molecule has 46 heavy (non-hydrogen) atoms. The molecule has 1 aromatic carbocycles. The number of hydrogen-bond acceptors (Lipinski definition) is 6. The maximum absolute atomic E-state index is 10.6. The average molecular weight is 678 g/mol. The first-order valence-corrected chi connectivity index (χ1v) is 13.3. The number of halogens is 9. The Bertz CT molecular complexity index is 1220. The van der Waals surface area contributed by atoms with Gasteiger partial charge in [-0.3, -0.25) is 9.88 Å². The van der Waals surface area contributed by atoms with Crippen molar-refractivity contribution in [1.29, 1.82) is 0 Å². The monoisotopic (exact) mass is 677 g/mol. The van der Waals surface area contributed by atoms with Crippen LogP contribution in [-0.4, -0.2) is 93.7 Å². The lowest BCUT2D eigenvalue weighted by Gasteiger charge is -2.48. The third-order valence-electron chi connectivity index (χ3n) is 7.08. The predicted molar refractivity (Wildman–Crippen MR) is 144 cm³/mol. The molecule has 1 spiro atoms. The smallest absolute Gasteiger partial charge is 0.475 e. The van der Waals surface area contributed by atoms with Crippen LogP contribution in [0, 0.1) is 0 Å². The summed E-state index contributed by atoms with van der Waals surface area (Å²) in [5.74, 6) is -8.27. The van der Waals surface area contributed by atoms with Crippen molar-refractivity contribution in [3.8, 4) is 0 Å². The van der Waals surface area contributed by atoms with Gasteiger partial charge in [-0.1, -0.05) is 30.3 Å². The van der Waals surface area contributed by atoms with Gasteiger partial charge in [0.25, 0.3) is 0 Å². The summed E-state index contributed by atoms with van der Waals surface area (Å²) in [4.78, 5) is 35.9. The number of pyridine rings is 1. The van der Waals surface area contributed by atoms with Crippen LogP contribution in [0.5, 0.6) is 0 Å². The summed E-state index contributed by atoms with van der Waals surface area (Å²) >= 11 is 0. The van der Waals surface area contributed by atoms with Crippen molar-refractivity contribution in [3.05, 3.63) is 65.5 Å². The largest absolute Gasteiger partial charge is 0.490 e. The first-order chi connectivity index (χ1) is 21.0. The van der Waals surface area contributed by atoms with Crippen molar-refractivity contribution in [2.24, 2.45) is 0 Å². The van der Waals surface area contributed by atoms with Crippen LogP contribution >= 0.6 is 0 Å². The highest BCUT2D eigenvalue weighted by Gasteiger charge is 2.42. The number of alkyl halides is 9. The second-order valence-corrected chi connectivity index (χ2v) is 10.4.